The highest BCUT2D eigenvalue weighted by molar-refractivity contribution is 9.10. The molecule has 17 heavy (non-hydrogen) atoms. The third-order valence-electron chi connectivity index (χ3n) is 2.76. The number of aryl methyl sites for hydroxylation is 2. The van der Waals surface area contributed by atoms with Gasteiger partial charge in [-0.2, -0.15) is 0 Å². The largest absolute Gasteiger partial charge is 0.271 e. The smallest absolute Gasteiger partial charge is 0.0897 e. The first-order valence-electron chi connectivity index (χ1n) is 5.20. The van der Waals surface area contributed by atoms with E-state index in [1.807, 2.05) is 25.2 Å². The molecule has 3 N–H and O–H groups in total. The summed E-state index contributed by atoms with van der Waals surface area (Å²) >= 11 is 3.47. The Balaban J connectivity index is 2.49. The van der Waals surface area contributed by atoms with Crippen LogP contribution in [0.3, 0.4) is 0 Å². The van der Waals surface area contributed by atoms with Gasteiger partial charge in [0.1, 0.15) is 0 Å². The maximum atomic E-state index is 5.65. The average molecular weight is 296 g/mol. The average Bonchev–Trinajstić information content (AvgIpc) is 2.71. The van der Waals surface area contributed by atoms with Crippen molar-refractivity contribution in [3.63, 3.8) is 0 Å². The normalized spacial score (nSPS) is 12.7. The first-order valence-corrected chi connectivity index (χ1v) is 5.99. The molecular formula is C11H14BrN5. The zero-order valence-corrected chi connectivity index (χ0v) is 11.3. The Morgan fingerprint density at radius 2 is 2.24 bits per heavy atom. The van der Waals surface area contributed by atoms with Crippen molar-refractivity contribution in [3.8, 4) is 0 Å². The second-order valence-corrected chi connectivity index (χ2v) is 4.80. The topological polar surface area (TPSA) is 68.8 Å². The van der Waals surface area contributed by atoms with E-state index in [-0.39, 0.29) is 6.04 Å². The highest BCUT2D eigenvalue weighted by Crippen LogP contribution is 2.26. The van der Waals surface area contributed by atoms with Crippen LogP contribution in [0.25, 0.3) is 0 Å². The first-order chi connectivity index (χ1) is 8.13. The highest BCUT2D eigenvalue weighted by atomic mass is 79.9. The number of hydrazine groups is 1. The van der Waals surface area contributed by atoms with Crippen molar-refractivity contribution in [2.75, 3.05) is 0 Å². The molecule has 0 aliphatic rings. The van der Waals surface area contributed by atoms with Crippen LogP contribution < -0.4 is 11.3 Å². The van der Waals surface area contributed by atoms with Crippen LogP contribution in [0, 0.1) is 6.92 Å². The molecule has 0 aliphatic heterocycles. The lowest BCUT2D eigenvalue weighted by molar-refractivity contribution is 0.568. The third-order valence-corrected chi connectivity index (χ3v) is 3.26. The van der Waals surface area contributed by atoms with Crippen LogP contribution in [0.4, 0.5) is 0 Å². The number of hydrogen-bond acceptors (Lipinski definition) is 4. The van der Waals surface area contributed by atoms with E-state index in [0.717, 1.165) is 21.3 Å². The fourth-order valence-corrected chi connectivity index (χ4v) is 2.19. The summed E-state index contributed by atoms with van der Waals surface area (Å²) in [6, 6.07) is 5.99. The van der Waals surface area contributed by atoms with Crippen LogP contribution in [-0.2, 0) is 7.05 Å². The second kappa shape index (κ2) is 4.95. The van der Waals surface area contributed by atoms with E-state index < -0.39 is 0 Å². The summed E-state index contributed by atoms with van der Waals surface area (Å²) in [5.41, 5.74) is 6.00. The molecule has 6 heteroatoms. The molecular weight excluding hydrogens is 282 g/mol. The predicted octanol–water partition coefficient (Wildman–Crippen LogP) is 1.44. The Kier molecular flexibility index (Phi) is 3.56. The molecule has 1 aromatic carbocycles. The maximum Gasteiger partial charge on any atom is 0.0897 e. The summed E-state index contributed by atoms with van der Waals surface area (Å²) in [4.78, 5) is 0. The number of nitrogens with zero attached hydrogens (tertiary/aromatic N) is 3. The Bertz CT molecular complexity index is 522. The van der Waals surface area contributed by atoms with Gasteiger partial charge in [-0.3, -0.25) is 10.5 Å². The van der Waals surface area contributed by atoms with Crippen LogP contribution in [0.2, 0.25) is 0 Å². The SMILES string of the molecule is Cc1ccc(Br)cc1C(NN)c1cnnn1C. The molecule has 0 saturated carbocycles. The number of halogens is 1. The highest BCUT2D eigenvalue weighted by Gasteiger charge is 2.18. The van der Waals surface area contributed by atoms with Gasteiger partial charge in [-0.15, -0.1) is 5.10 Å². The summed E-state index contributed by atoms with van der Waals surface area (Å²) in [6.07, 6.45) is 1.71. The minimum Gasteiger partial charge on any atom is -0.271 e. The van der Waals surface area contributed by atoms with Crippen molar-refractivity contribution in [1.82, 2.24) is 20.4 Å². The minimum atomic E-state index is -0.118. The number of benzene rings is 1. The van der Waals surface area contributed by atoms with Gasteiger partial charge in [-0.1, -0.05) is 27.2 Å². The van der Waals surface area contributed by atoms with E-state index in [1.165, 1.54) is 0 Å². The number of nitrogens with two attached hydrogens (primary N) is 1. The van der Waals surface area contributed by atoms with Gasteiger partial charge in [0.2, 0.25) is 0 Å². The molecule has 90 valence electrons. The van der Waals surface area contributed by atoms with Crippen molar-refractivity contribution in [3.05, 3.63) is 45.7 Å². The molecule has 5 nitrogen and oxygen atoms in total. The molecule has 0 radical (unpaired) electrons. The van der Waals surface area contributed by atoms with E-state index in [1.54, 1.807) is 10.9 Å². The van der Waals surface area contributed by atoms with E-state index in [2.05, 4.69) is 38.6 Å². The molecule has 1 unspecified atom stereocenters. The number of hydrogen-bond donors (Lipinski definition) is 2. The van der Waals surface area contributed by atoms with Crippen LogP contribution >= 0.6 is 15.9 Å². The van der Waals surface area contributed by atoms with E-state index >= 15 is 0 Å². The monoisotopic (exact) mass is 295 g/mol. The molecule has 2 rings (SSSR count). The number of rotatable bonds is 3. The lowest BCUT2D eigenvalue weighted by Gasteiger charge is -2.18. The van der Waals surface area contributed by atoms with Gasteiger partial charge < -0.3 is 0 Å². The van der Waals surface area contributed by atoms with Gasteiger partial charge in [0.05, 0.1) is 17.9 Å². The predicted molar refractivity (Wildman–Crippen MR) is 69.0 cm³/mol. The summed E-state index contributed by atoms with van der Waals surface area (Å²) in [7, 11) is 1.85. The summed E-state index contributed by atoms with van der Waals surface area (Å²) < 4.78 is 2.73. The van der Waals surface area contributed by atoms with Gasteiger partial charge in [0, 0.05) is 11.5 Å². The summed E-state index contributed by atoms with van der Waals surface area (Å²) in [6.45, 7) is 2.05. The molecule has 1 atom stereocenters. The maximum absolute atomic E-state index is 5.65. The third kappa shape index (κ3) is 2.38. The number of nitrogens with one attached hydrogen (secondary N) is 1. The molecule has 1 heterocycles. The zero-order chi connectivity index (χ0) is 12.4. The van der Waals surface area contributed by atoms with Crippen LogP contribution in [-0.4, -0.2) is 15.0 Å². The van der Waals surface area contributed by atoms with Crippen LogP contribution in [0.15, 0.2) is 28.9 Å². The van der Waals surface area contributed by atoms with Crippen molar-refractivity contribution in [2.45, 2.75) is 13.0 Å². The molecule has 0 amide bonds. The fraction of sp³-hybridized carbons (Fsp3) is 0.273. The summed E-state index contributed by atoms with van der Waals surface area (Å²) in [5.74, 6) is 5.65. The quantitative estimate of drug-likeness (QED) is 0.664. The lowest BCUT2D eigenvalue weighted by Crippen LogP contribution is -2.30. The molecule has 0 bridgehead atoms. The van der Waals surface area contributed by atoms with E-state index in [0.29, 0.717) is 0 Å². The van der Waals surface area contributed by atoms with E-state index in [4.69, 9.17) is 5.84 Å². The molecule has 0 saturated heterocycles. The van der Waals surface area contributed by atoms with Crippen molar-refractivity contribution in [2.24, 2.45) is 12.9 Å². The molecule has 0 spiro atoms. The van der Waals surface area contributed by atoms with Gasteiger partial charge >= 0.3 is 0 Å². The first kappa shape index (κ1) is 12.2. The van der Waals surface area contributed by atoms with Gasteiger partial charge in [-0.25, -0.2) is 5.43 Å². The Hall–Kier alpha value is -1.24. The van der Waals surface area contributed by atoms with Crippen molar-refractivity contribution < 1.29 is 0 Å². The van der Waals surface area contributed by atoms with Crippen molar-refractivity contribution >= 4 is 15.9 Å². The summed E-state index contributed by atoms with van der Waals surface area (Å²) in [5, 5.41) is 7.80. The zero-order valence-electron chi connectivity index (χ0n) is 9.68. The Labute approximate surface area is 108 Å². The molecule has 0 aliphatic carbocycles. The Morgan fingerprint density at radius 1 is 1.47 bits per heavy atom. The standard InChI is InChI=1S/C11H14BrN5/c1-7-3-4-8(12)5-9(7)11(15-13)10-6-14-16-17(10)2/h3-6,11,15H,13H2,1-2H3. The van der Waals surface area contributed by atoms with Crippen LogP contribution in [0.5, 0.6) is 0 Å². The van der Waals surface area contributed by atoms with Gasteiger partial charge in [0.15, 0.2) is 0 Å². The van der Waals surface area contributed by atoms with Gasteiger partial charge in [-0.05, 0) is 30.2 Å². The van der Waals surface area contributed by atoms with E-state index in [9.17, 15) is 0 Å². The molecule has 2 aromatic rings. The number of aromatic nitrogens is 3. The van der Waals surface area contributed by atoms with Crippen LogP contribution in [0.1, 0.15) is 22.9 Å². The van der Waals surface area contributed by atoms with Crippen molar-refractivity contribution in [1.29, 1.82) is 0 Å². The van der Waals surface area contributed by atoms with Gasteiger partial charge in [0.25, 0.3) is 0 Å². The fourth-order valence-electron chi connectivity index (χ4n) is 1.82. The molecule has 1 aromatic heterocycles. The Morgan fingerprint density at radius 3 is 2.82 bits per heavy atom. The second-order valence-electron chi connectivity index (χ2n) is 3.88. The lowest BCUT2D eigenvalue weighted by atomic mass is 10.00. The minimum absolute atomic E-state index is 0.118. The molecule has 0 fully saturated rings.